The Bertz CT molecular complexity index is 1560. The largest absolute Gasteiger partial charge is 0.477 e. The Kier molecular flexibility index (Phi) is 7.55. The zero-order valence-corrected chi connectivity index (χ0v) is 20.7. The van der Waals surface area contributed by atoms with Crippen molar-refractivity contribution in [1.82, 2.24) is 34.4 Å². The molecule has 0 aliphatic heterocycles. The zero-order chi connectivity index (χ0) is 28.1. The quantitative estimate of drug-likeness (QED) is 0.153. The number of rotatable bonds is 10. The fraction of sp³-hybridized carbons (Fsp3) is 0.174. The molecule has 0 bridgehead atoms. The van der Waals surface area contributed by atoms with Gasteiger partial charge in [-0.05, 0) is 12.1 Å². The van der Waals surface area contributed by atoms with Gasteiger partial charge in [0.1, 0.15) is 11.4 Å². The summed E-state index contributed by atoms with van der Waals surface area (Å²) in [6, 6.07) is 2.71. The highest BCUT2D eigenvalue weighted by Gasteiger charge is 2.18. The van der Waals surface area contributed by atoms with E-state index >= 15 is 0 Å². The molecule has 0 radical (unpaired) electrons. The minimum atomic E-state index is -1.17. The summed E-state index contributed by atoms with van der Waals surface area (Å²) in [5.74, 6) is -2.83. The molecule has 4 amide bonds. The van der Waals surface area contributed by atoms with E-state index in [4.69, 9.17) is 5.11 Å². The maximum absolute atomic E-state index is 12.5. The number of carboxylic acids is 1. The number of aryl methyl sites for hydroxylation is 2. The van der Waals surface area contributed by atoms with E-state index in [9.17, 15) is 24.0 Å². The maximum atomic E-state index is 12.5. The number of carbonyl (C=O) groups is 5. The Labute approximate surface area is 219 Å². The average molecular weight is 537 g/mol. The van der Waals surface area contributed by atoms with E-state index in [1.54, 1.807) is 24.9 Å². The van der Waals surface area contributed by atoms with Gasteiger partial charge < -0.3 is 45.5 Å². The first kappa shape index (κ1) is 26.4. The van der Waals surface area contributed by atoms with Crippen LogP contribution in [0.1, 0.15) is 48.6 Å². The van der Waals surface area contributed by atoms with Gasteiger partial charge in [-0.1, -0.05) is 0 Å². The first-order valence-electron chi connectivity index (χ1n) is 11.4. The predicted octanol–water partition coefficient (Wildman–Crippen LogP) is 0.771. The summed E-state index contributed by atoms with van der Waals surface area (Å²) in [4.78, 5) is 73.7. The summed E-state index contributed by atoms with van der Waals surface area (Å²) in [5, 5.41) is 19.3. The smallest absolute Gasteiger partial charge is 0.352 e. The van der Waals surface area contributed by atoms with E-state index in [1.165, 1.54) is 41.5 Å². The highest BCUT2D eigenvalue weighted by atomic mass is 16.4. The van der Waals surface area contributed by atoms with Gasteiger partial charge in [-0.25, -0.2) is 14.8 Å². The van der Waals surface area contributed by atoms with Crippen LogP contribution in [-0.2, 0) is 18.9 Å². The number of amides is 4. The molecule has 0 fully saturated rings. The molecule has 4 aromatic rings. The van der Waals surface area contributed by atoms with Crippen LogP contribution in [0.25, 0.3) is 0 Å². The Balaban J connectivity index is 1.23. The molecular weight excluding hydrogens is 512 g/mol. The van der Waals surface area contributed by atoms with Gasteiger partial charge in [0.15, 0.2) is 11.6 Å². The highest BCUT2D eigenvalue weighted by Crippen LogP contribution is 2.14. The molecule has 0 aliphatic rings. The molecule has 0 saturated heterocycles. The Morgan fingerprint density at radius 3 is 2.13 bits per heavy atom. The van der Waals surface area contributed by atoms with Gasteiger partial charge in [0, 0.05) is 58.0 Å². The summed E-state index contributed by atoms with van der Waals surface area (Å²) >= 11 is 0. The lowest BCUT2D eigenvalue weighted by Gasteiger charge is -2.04. The number of aromatic carboxylic acids is 1. The van der Waals surface area contributed by atoms with Gasteiger partial charge in [0.2, 0.25) is 11.7 Å². The van der Waals surface area contributed by atoms with Crippen LogP contribution in [0.3, 0.4) is 0 Å². The molecule has 16 heteroatoms. The SMILES string of the molecule is Cn1ccnc1C(=O)Nc1c[nH]c(C(=O)NCCC(=O)Nc2cn(C)c(C(=O)Nc3c[nH]c(C(=O)O)c3)n2)c1. The minimum absolute atomic E-state index is 0.0121. The number of hydrogen-bond donors (Lipinski definition) is 7. The second-order valence-electron chi connectivity index (χ2n) is 8.29. The maximum Gasteiger partial charge on any atom is 0.352 e. The third kappa shape index (κ3) is 6.37. The molecule has 4 rings (SSSR count). The number of nitrogens with zero attached hydrogens (tertiary/aromatic N) is 4. The van der Waals surface area contributed by atoms with Crippen molar-refractivity contribution in [3.05, 3.63) is 66.2 Å². The van der Waals surface area contributed by atoms with Gasteiger partial charge >= 0.3 is 5.97 Å². The number of H-pyrrole nitrogens is 2. The van der Waals surface area contributed by atoms with Crippen LogP contribution in [0, 0.1) is 0 Å². The third-order valence-electron chi connectivity index (χ3n) is 5.37. The van der Waals surface area contributed by atoms with Crippen LogP contribution in [0.5, 0.6) is 0 Å². The molecule has 16 nitrogen and oxygen atoms in total. The minimum Gasteiger partial charge on any atom is -0.477 e. The monoisotopic (exact) mass is 536 g/mol. The van der Waals surface area contributed by atoms with E-state index in [-0.39, 0.29) is 47.5 Å². The summed E-state index contributed by atoms with van der Waals surface area (Å²) in [7, 11) is 3.24. The normalized spacial score (nSPS) is 10.6. The first-order valence-corrected chi connectivity index (χ1v) is 11.4. The van der Waals surface area contributed by atoms with Crippen molar-refractivity contribution in [3.63, 3.8) is 0 Å². The molecule has 4 heterocycles. The van der Waals surface area contributed by atoms with E-state index in [2.05, 4.69) is 41.2 Å². The number of carboxylic acid groups (broad SMARTS) is 1. The first-order chi connectivity index (χ1) is 18.6. The number of carbonyl (C=O) groups excluding carboxylic acids is 4. The van der Waals surface area contributed by atoms with E-state index in [0.29, 0.717) is 5.69 Å². The lowest BCUT2D eigenvalue weighted by Crippen LogP contribution is -2.28. The summed E-state index contributed by atoms with van der Waals surface area (Å²) in [6.45, 7) is 0.0121. The van der Waals surface area contributed by atoms with Crippen LogP contribution < -0.4 is 21.3 Å². The fourth-order valence-corrected chi connectivity index (χ4v) is 3.47. The number of aromatic amines is 2. The zero-order valence-electron chi connectivity index (χ0n) is 20.7. The molecule has 0 saturated carbocycles. The predicted molar refractivity (Wildman–Crippen MR) is 136 cm³/mol. The molecule has 0 atom stereocenters. The van der Waals surface area contributed by atoms with Crippen molar-refractivity contribution in [2.45, 2.75) is 6.42 Å². The molecule has 4 aromatic heterocycles. The van der Waals surface area contributed by atoms with Gasteiger partial charge in [0.05, 0.1) is 11.4 Å². The van der Waals surface area contributed by atoms with Crippen LogP contribution in [0.15, 0.2) is 43.1 Å². The van der Waals surface area contributed by atoms with Gasteiger partial charge in [-0.2, -0.15) is 0 Å². The van der Waals surface area contributed by atoms with E-state index in [1.807, 2.05) is 0 Å². The molecule has 0 aliphatic carbocycles. The van der Waals surface area contributed by atoms with Gasteiger partial charge in [-0.3, -0.25) is 19.2 Å². The Morgan fingerprint density at radius 2 is 1.51 bits per heavy atom. The molecule has 0 spiro atoms. The number of anilines is 3. The second-order valence-corrected chi connectivity index (χ2v) is 8.29. The summed E-state index contributed by atoms with van der Waals surface area (Å²) in [6.07, 6.45) is 7.27. The Morgan fingerprint density at radius 1 is 0.872 bits per heavy atom. The summed E-state index contributed by atoms with van der Waals surface area (Å²) < 4.78 is 2.95. The molecule has 0 aromatic carbocycles. The van der Waals surface area contributed by atoms with Crippen molar-refractivity contribution in [1.29, 1.82) is 0 Å². The molecule has 7 N–H and O–H groups in total. The number of imidazole rings is 2. The van der Waals surface area contributed by atoms with Gasteiger partial charge in [0.25, 0.3) is 17.7 Å². The fourth-order valence-electron chi connectivity index (χ4n) is 3.47. The van der Waals surface area contributed by atoms with Crippen molar-refractivity contribution in [3.8, 4) is 0 Å². The van der Waals surface area contributed by atoms with Crippen LogP contribution >= 0.6 is 0 Å². The van der Waals surface area contributed by atoms with Crippen LogP contribution in [0.2, 0.25) is 0 Å². The molecule has 0 unspecified atom stereocenters. The van der Waals surface area contributed by atoms with Crippen molar-refractivity contribution >= 4 is 46.8 Å². The lowest BCUT2D eigenvalue weighted by atomic mass is 10.3. The molecular formula is C23H24N10O6. The van der Waals surface area contributed by atoms with Crippen molar-refractivity contribution in [2.24, 2.45) is 14.1 Å². The van der Waals surface area contributed by atoms with E-state index in [0.717, 1.165) is 0 Å². The third-order valence-corrected chi connectivity index (χ3v) is 5.37. The Hall–Kier alpha value is -5.67. The molecule has 202 valence electrons. The highest BCUT2D eigenvalue weighted by molar-refractivity contribution is 6.04. The molecule has 39 heavy (non-hydrogen) atoms. The number of nitrogens with one attached hydrogen (secondary N) is 6. The second kappa shape index (κ2) is 11.2. The topological polar surface area (TPSA) is 221 Å². The van der Waals surface area contributed by atoms with Crippen LogP contribution in [0.4, 0.5) is 17.2 Å². The lowest BCUT2D eigenvalue weighted by molar-refractivity contribution is -0.116. The van der Waals surface area contributed by atoms with Gasteiger partial charge in [-0.15, -0.1) is 0 Å². The average Bonchev–Trinajstić information content (AvgIpc) is 3.67. The number of aromatic nitrogens is 6. The number of hydrogen-bond acceptors (Lipinski definition) is 7. The van der Waals surface area contributed by atoms with Crippen molar-refractivity contribution in [2.75, 3.05) is 22.5 Å². The van der Waals surface area contributed by atoms with Crippen LogP contribution in [-0.4, -0.2) is 70.3 Å². The van der Waals surface area contributed by atoms with Crippen molar-refractivity contribution < 1.29 is 29.1 Å². The summed E-state index contributed by atoms with van der Waals surface area (Å²) in [5.41, 5.74) is 0.712. The van der Waals surface area contributed by atoms with E-state index < -0.39 is 29.6 Å². The standard InChI is InChI=1S/C23H24N10O6/c1-32-6-5-24-18(32)21(36)28-12-7-14(26-9-12)20(35)25-4-3-17(34)30-16-11-33(2)19(31-16)22(37)29-13-8-15(23(38)39)27-10-13/h5-11,26-27H,3-4H2,1-2H3,(H,25,35)(H,28,36)(H,29,37)(H,30,34)(H,38,39).